The fourth-order valence-electron chi connectivity index (χ4n) is 4.00. The maximum absolute atomic E-state index is 14.1. The molecule has 3 rings (SSSR count). The first-order valence-corrected chi connectivity index (χ1v) is 11.1. The van der Waals surface area contributed by atoms with Gasteiger partial charge in [0.1, 0.15) is 17.6 Å². The van der Waals surface area contributed by atoms with E-state index in [-0.39, 0.29) is 24.6 Å². The number of rotatable bonds is 8. The molecular formula is C25H29FN3O5. The SMILES string of the molecule is CCN(CC)C(=O)c1cc(-c2cc(F)ccc2OC)cc(C)c1NC(=O)C1COCCN1[C]=O. The van der Waals surface area contributed by atoms with Gasteiger partial charge in [0.2, 0.25) is 5.91 Å². The molecule has 1 saturated heterocycles. The van der Waals surface area contributed by atoms with Crippen LogP contribution in [0.25, 0.3) is 11.1 Å². The van der Waals surface area contributed by atoms with E-state index in [0.29, 0.717) is 47.8 Å². The van der Waals surface area contributed by atoms with E-state index >= 15 is 0 Å². The Labute approximate surface area is 198 Å². The van der Waals surface area contributed by atoms with Gasteiger partial charge in [-0.15, -0.1) is 0 Å². The van der Waals surface area contributed by atoms with Gasteiger partial charge in [0.15, 0.2) is 0 Å². The molecule has 2 aromatic rings. The molecule has 1 radical (unpaired) electrons. The lowest BCUT2D eigenvalue weighted by molar-refractivity contribution is -0.124. The predicted octanol–water partition coefficient (Wildman–Crippen LogP) is 3.00. The fourth-order valence-corrected chi connectivity index (χ4v) is 4.00. The summed E-state index contributed by atoms with van der Waals surface area (Å²) in [6, 6.07) is 6.69. The molecule has 0 spiro atoms. The Kier molecular flexibility index (Phi) is 8.22. The molecule has 3 amide bonds. The van der Waals surface area contributed by atoms with Crippen LogP contribution in [0, 0.1) is 12.7 Å². The number of amides is 3. The number of halogens is 1. The van der Waals surface area contributed by atoms with Gasteiger partial charge in [0.05, 0.1) is 31.6 Å². The molecule has 9 heteroatoms. The van der Waals surface area contributed by atoms with Crippen LogP contribution in [0.4, 0.5) is 10.1 Å². The Morgan fingerprint density at radius 1 is 1.26 bits per heavy atom. The molecule has 34 heavy (non-hydrogen) atoms. The zero-order chi connectivity index (χ0) is 24.8. The maximum Gasteiger partial charge on any atom is 0.312 e. The van der Waals surface area contributed by atoms with Crippen molar-refractivity contribution in [2.75, 3.05) is 45.3 Å². The van der Waals surface area contributed by atoms with E-state index in [1.807, 2.05) is 13.8 Å². The van der Waals surface area contributed by atoms with Crippen molar-refractivity contribution in [2.45, 2.75) is 26.8 Å². The maximum atomic E-state index is 14.1. The van der Waals surface area contributed by atoms with Gasteiger partial charge in [-0.3, -0.25) is 14.4 Å². The second-order valence-corrected chi connectivity index (χ2v) is 7.90. The normalized spacial score (nSPS) is 15.6. The highest BCUT2D eigenvalue weighted by Gasteiger charge is 2.31. The van der Waals surface area contributed by atoms with Crippen LogP contribution in [0.2, 0.25) is 0 Å². The van der Waals surface area contributed by atoms with Crippen molar-refractivity contribution in [3.05, 3.63) is 47.3 Å². The third-order valence-corrected chi connectivity index (χ3v) is 5.89. The molecule has 1 N–H and O–H groups in total. The summed E-state index contributed by atoms with van der Waals surface area (Å²) in [4.78, 5) is 40.7. The molecule has 0 aromatic heterocycles. The minimum atomic E-state index is -0.856. The first-order valence-electron chi connectivity index (χ1n) is 11.1. The Morgan fingerprint density at radius 2 is 2.00 bits per heavy atom. The minimum absolute atomic E-state index is 0.0397. The summed E-state index contributed by atoms with van der Waals surface area (Å²) in [6.45, 7) is 7.05. The number of aryl methyl sites for hydroxylation is 1. The molecule has 1 fully saturated rings. The van der Waals surface area contributed by atoms with Crippen LogP contribution in [-0.4, -0.2) is 74.0 Å². The topological polar surface area (TPSA) is 88.2 Å². The standard InChI is InChI=1S/C25H29FN3O5/c1-5-28(6-2)25(32)20-12-17(19-13-18(26)7-8-22(19)33-4)11-16(3)23(20)27-24(31)21-14-34-10-9-29(21)15-30/h7-8,11-13,21H,5-6,9-10,14H2,1-4H3,(H,27,31). The zero-order valence-electron chi connectivity index (χ0n) is 19.8. The summed E-state index contributed by atoms with van der Waals surface area (Å²) in [5.41, 5.74) is 2.26. The van der Waals surface area contributed by atoms with E-state index in [2.05, 4.69) is 5.32 Å². The van der Waals surface area contributed by atoms with Crippen LogP contribution < -0.4 is 10.1 Å². The highest BCUT2D eigenvalue weighted by molar-refractivity contribution is 6.07. The molecule has 8 nitrogen and oxygen atoms in total. The number of methoxy groups -OCH3 is 1. The van der Waals surface area contributed by atoms with Crippen molar-refractivity contribution in [3.8, 4) is 16.9 Å². The third-order valence-electron chi connectivity index (χ3n) is 5.89. The van der Waals surface area contributed by atoms with E-state index in [1.165, 1.54) is 30.2 Å². The van der Waals surface area contributed by atoms with E-state index in [1.54, 1.807) is 30.4 Å². The average Bonchev–Trinajstić information content (AvgIpc) is 2.85. The smallest absolute Gasteiger partial charge is 0.312 e. The number of nitrogens with zero attached hydrogens (tertiary/aromatic N) is 2. The van der Waals surface area contributed by atoms with E-state index < -0.39 is 17.8 Å². The lowest BCUT2D eigenvalue weighted by Crippen LogP contribution is -2.51. The van der Waals surface area contributed by atoms with Crippen molar-refractivity contribution < 1.29 is 28.2 Å². The third kappa shape index (κ3) is 5.20. The molecular weight excluding hydrogens is 441 g/mol. The van der Waals surface area contributed by atoms with Gasteiger partial charge in [-0.1, -0.05) is 0 Å². The lowest BCUT2D eigenvalue weighted by atomic mass is 9.96. The van der Waals surface area contributed by atoms with E-state index in [0.717, 1.165) is 0 Å². The Bertz CT molecular complexity index is 1070. The molecule has 1 aliphatic heterocycles. The van der Waals surface area contributed by atoms with Gasteiger partial charge in [-0.25, -0.2) is 4.39 Å². The van der Waals surface area contributed by atoms with Gasteiger partial charge in [-0.05, 0) is 62.2 Å². The number of morpholine rings is 1. The lowest BCUT2D eigenvalue weighted by Gasteiger charge is -2.31. The number of ether oxygens (including phenoxy) is 2. The van der Waals surface area contributed by atoms with Crippen molar-refractivity contribution >= 4 is 23.9 Å². The second kappa shape index (κ2) is 11.1. The Balaban J connectivity index is 2.10. The molecule has 2 aromatic carbocycles. The van der Waals surface area contributed by atoms with Crippen LogP contribution in [0.1, 0.15) is 29.8 Å². The zero-order valence-corrected chi connectivity index (χ0v) is 19.8. The van der Waals surface area contributed by atoms with Crippen molar-refractivity contribution in [2.24, 2.45) is 0 Å². The van der Waals surface area contributed by atoms with Crippen LogP contribution in [-0.2, 0) is 14.3 Å². The highest BCUT2D eigenvalue weighted by Crippen LogP contribution is 2.35. The molecule has 0 aliphatic carbocycles. The number of anilines is 1. The highest BCUT2D eigenvalue weighted by atomic mass is 19.1. The number of hydrogen-bond donors (Lipinski definition) is 1. The van der Waals surface area contributed by atoms with Gasteiger partial charge in [0.25, 0.3) is 5.91 Å². The van der Waals surface area contributed by atoms with Gasteiger partial charge in [0, 0.05) is 25.2 Å². The summed E-state index contributed by atoms with van der Waals surface area (Å²) in [5.74, 6) is -0.740. The van der Waals surface area contributed by atoms with Crippen LogP contribution in [0.15, 0.2) is 30.3 Å². The first-order chi connectivity index (χ1) is 16.3. The van der Waals surface area contributed by atoms with Crippen LogP contribution in [0.3, 0.4) is 0 Å². The summed E-state index contributed by atoms with van der Waals surface area (Å²) in [6.07, 6.45) is 1.78. The van der Waals surface area contributed by atoms with Crippen molar-refractivity contribution in [3.63, 3.8) is 0 Å². The number of benzene rings is 2. The van der Waals surface area contributed by atoms with Crippen molar-refractivity contribution in [1.29, 1.82) is 0 Å². The predicted molar refractivity (Wildman–Crippen MR) is 126 cm³/mol. The quantitative estimate of drug-likeness (QED) is 0.641. The summed E-state index contributed by atoms with van der Waals surface area (Å²) < 4.78 is 24.8. The number of nitrogens with one attached hydrogen (secondary N) is 1. The van der Waals surface area contributed by atoms with Crippen LogP contribution in [0.5, 0.6) is 5.75 Å². The molecule has 0 bridgehead atoms. The second-order valence-electron chi connectivity index (χ2n) is 7.90. The summed E-state index contributed by atoms with van der Waals surface area (Å²) in [7, 11) is 1.49. The number of hydrogen-bond acceptors (Lipinski definition) is 5. The summed E-state index contributed by atoms with van der Waals surface area (Å²) in [5, 5.41) is 2.82. The number of carbonyl (C=O) groups is 2. The van der Waals surface area contributed by atoms with Crippen LogP contribution >= 0.6 is 0 Å². The Morgan fingerprint density at radius 3 is 2.65 bits per heavy atom. The molecule has 1 atom stereocenters. The summed E-state index contributed by atoms with van der Waals surface area (Å²) >= 11 is 0. The number of carbonyl (C=O) groups excluding carboxylic acids is 3. The average molecular weight is 471 g/mol. The van der Waals surface area contributed by atoms with Crippen molar-refractivity contribution in [1.82, 2.24) is 9.80 Å². The largest absolute Gasteiger partial charge is 0.496 e. The fraction of sp³-hybridized carbons (Fsp3) is 0.400. The Hall–Kier alpha value is -3.46. The molecule has 1 unspecified atom stereocenters. The van der Waals surface area contributed by atoms with Gasteiger partial charge >= 0.3 is 6.41 Å². The molecule has 181 valence electrons. The van der Waals surface area contributed by atoms with E-state index in [9.17, 15) is 18.8 Å². The minimum Gasteiger partial charge on any atom is -0.496 e. The first kappa shape index (κ1) is 25.2. The van der Waals surface area contributed by atoms with Gasteiger partial charge < -0.3 is 24.6 Å². The molecule has 1 aliphatic rings. The van der Waals surface area contributed by atoms with E-state index in [4.69, 9.17) is 9.47 Å². The van der Waals surface area contributed by atoms with Gasteiger partial charge in [-0.2, -0.15) is 0 Å². The monoisotopic (exact) mass is 470 g/mol. The molecule has 0 saturated carbocycles. The molecule has 1 heterocycles.